The van der Waals surface area contributed by atoms with Crippen molar-refractivity contribution in [1.29, 1.82) is 0 Å². The first-order chi connectivity index (χ1) is 9.24. The summed E-state index contributed by atoms with van der Waals surface area (Å²) in [6.45, 7) is 0. The van der Waals surface area contributed by atoms with Gasteiger partial charge < -0.3 is 5.11 Å². The Bertz CT molecular complexity index is 582. The largest absolute Gasteiger partial charge is 0.383 e. The Labute approximate surface area is 112 Å². The van der Waals surface area contributed by atoms with Gasteiger partial charge >= 0.3 is 0 Å². The maximum Gasteiger partial charge on any atom is 0.192 e. The number of aliphatic hydroxyl groups is 1. The summed E-state index contributed by atoms with van der Waals surface area (Å²) in [4.78, 5) is 12.2. The molecular formula is C17H14O2. The van der Waals surface area contributed by atoms with Crippen LogP contribution in [0.5, 0.6) is 0 Å². The summed E-state index contributed by atoms with van der Waals surface area (Å²) in [7, 11) is 0. The third-order valence-corrected chi connectivity index (χ3v) is 2.98. The van der Waals surface area contributed by atoms with Crippen LogP contribution in [0.3, 0.4) is 0 Å². The van der Waals surface area contributed by atoms with E-state index in [9.17, 15) is 9.90 Å². The lowest BCUT2D eigenvalue weighted by atomic mass is 9.89. The average molecular weight is 250 g/mol. The maximum absolute atomic E-state index is 12.2. The van der Waals surface area contributed by atoms with E-state index in [1.54, 1.807) is 24.3 Å². The van der Waals surface area contributed by atoms with Gasteiger partial charge in [-0.25, -0.2) is 0 Å². The van der Waals surface area contributed by atoms with Crippen LogP contribution in [0.25, 0.3) is 0 Å². The normalized spacial score (nSPS) is 13.3. The third-order valence-electron chi connectivity index (χ3n) is 2.98. The molecule has 0 aromatic heterocycles. The fourth-order valence-electron chi connectivity index (χ4n) is 1.95. The number of ketones is 1. The molecule has 0 spiro atoms. The minimum Gasteiger partial charge on any atom is -0.383 e. The summed E-state index contributed by atoms with van der Waals surface area (Å²) in [5.74, 6) is 1.51. The zero-order chi connectivity index (χ0) is 13.7. The van der Waals surface area contributed by atoms with Crippen LogP contribution >= 0.6 is 0 Å². The van der Waals surface area contributed by atoms with Crippen LogP contribution in [-0.2, 0) is 0 Å². The molecule has 0 saturated carbocycles. The topological polar surface area (TPSA) is 37.3 Å². The van der Waals surface area contributed by atoms with Gasteiger partial charge in [0.2, 0.25) is 0 Å². The zero-order valence-corrected chi connectivity index (χ0v) is 10.4. The summed E-state index contributed by atoms with van der Waals surface area (Å²) in [6, 6.07) is 17.8. The van der Waals surface area contributed by atoms with Crippen molar-refractivity contribution in [2.45, 2.75) is 12.0 Å². The van der Waals surface area contributed by atoms with Crippen LogP contribution < -0.4 is 0 Å². The van der Waals surface area contributed by atoms with Gasteiger partial charge in [0.25, 0.3) is 0 Å². The Kier molecular flexibility index (Phi) is 4.12. The molecule has 94 valence electrons. The number of terminal acetylenes is 1. The molecule has 2 atom stereocenters. The van der Waals surface area contributed by atoms with Gasteiger partial charge in [0, 0.05) is 5.56 Å². The monoisotopic (exact) mass is 250 g/mol. The van der Waals surface area contributed by atoms with Crippen molar-refractivity contribution in [2.24, 2.45) is 0 Å². The van der Waals surface area contributed by atoms with Crippen molar-refractivity contribution in [3.8, 4) is 12.3 Å². The average Bonchev–Trinajstić information content (AvgIpc) is 2.49. The third kappa shape index (κ3) is 2.90. The molecule has 2 aromatic rings. The molecule has 2 aromatic carbocycles. The number of hydrogen-bond acceptors (Lipinski definition) is 2. The Morgan fingerprint density at radius 3 is 2.05 bits per heavy atom. The molecule has 0 saturated heterocycles. The van der Waals surface area contributed by atoms with Crippen LogP contribution in [0, 0.1) is 12.3 Å². The predicted octanol–water partition coefficient (Wildman–Crippen LogP) is 2.65. The van der Waals surface area contributed by atoms with Crippen molar-refractivity contribution >= 4 is 5.78 Å². The van der Waals surface area contributed by atoms with Crippen LogP contribution in [0.15, 0.2) is 60.7 Å². The molecule has 1 N–H and O–H groups in total. The second kappa shape index (κ2) is 5.99. The highest BCUT2D eigenvalue weighted by atomic mass is 16.3. The van der Waals surface area contributed by atoms with Gasteiger partial charge in [-0.1, -0.05) is 66.6 Å². The molecule has 0 aliphatic rings. The molecule has 0 aliphatic carbocycles. The van der Waals surface area contributed by atoms with Gasteiger partial charge in [0.1, 0.15) is 6.10 Å². The fourth-order valence-corrected chi connectivity index (χ4v) is 1.95. The van der Waals surface area contributed by atoms with Crippen molar-refractivity contribution in [3.05, 3.63) is 71.8 Å². The van der Waals surface area contributed by atoms with E-state index in [4.69, 9.17) is 6.42 Å². The summed E-state index contributed by atoms with van der Waals surface area (Å²) >= 11 is 0. The summed E-state index contributed by atoms with van der Waals surface area (Å²) in [6.07, 6.45) is 4.23. The zero-order valence-electron chi connectivity index (χ0n) is 10.4. The summed E-state index contributed by atoms with van der Waals surface area (Å²) < 4.78 is 0. The summed E-state index contributed by atoms with van der Waals surface area (Å²) in [5, 5.41) is 10.2. The van der Waals surface area contributed by atoms with Gasteiger partial charge in [0.05, 0.1) is 5.92 Å². The summed E-state index contributed by atoms with van der Waals surface area (Å²) in [5.41, 5.74) is 1.23. The highest BCUT2D eigenvalue weighted by molar-refractivity contribution is 6.00. The second-order valence-electron chi connectivity index (χ2n) is 4.23. The SMILES string of the molecule is C#C[C@@H](c1ccccc1)[C@H](O)C(=O)c1ccccc1. The quantitative estimate of drug-likeness (QED) is 0.669. The van der Waals surface area contributed by atoms with Crippen molar-refractivity contribution in [3.63, 3.8) is 0 Å². The van der Waals surface area contributed by atoms with Crippen molar-refractivity contribution < 1.29 is 9.90 Å². The van der Waals surface area contributed by atoms with E-state index in [1.165, 1.54) is 0 Å². The molecule has 0 bridgehead atoms. The van der Waals surface area contributed by atoms with E-state index in [2.05, 4.69) is 5.92 Å². The Morgan fingerprint density at radius 1 is 1.00 bits per heavy atom. The Morgan fingerprint density at radius 2 is 1.53 bits per heavy atom. The first-order valence-corrected chi connectivity index (χ1v) is 6.02. The molecule has 0 aliphatic heterocycles. The highest BCUT2D eigenvalue weighted by Crippen LogP contribution is 2.21. The van der Waals surface area contributed by atoms with Gasteiger partial charge in [-0.2, -0.15) is 0 Å². The standard InChI is InChI=1S/C17H14O2/c1-2-15(13-9-5-3-6-10-13)17(19)16(18)14-11-7-4-8-12-14/h1,3-12,15,17,19H/t15-,17-/m0/s1. The molecule has 2 nitrogen and oxygen atoms in total. The molecule has 0 heterocycles. The van der Waals surface area contributed by atoms with E-state index < -0.39 is 12.0 Å². The molecule has 2 rings (SSSR count). The van der Waals surface area contributed by atoms with E-state index >= 15 is 0 Å². The molecule has 19 heavy (non-hydrogen) atoms. The first-order valence-electron chi connectivity index (χ1n) is 6.02. The van der Waals surface area contributed by atoms with E-state index in [0.29, 0.717) is 5.56 Å². The van der Waals surface area contributed by atoms with Gasteiger partial charge in [-0.05, 0) is 5.56 Å². The minimum absolute atomic E-state index is 0.354. The van der Waals surface area contributed by atoms with Crippen LogP contribution in [-0.4, -0.2) is 17.0 Å². The Hall–Kier alpha value is -2.37. The molecule has 0 amide bonds. The molecule has 0 fully saturated rings. The number of rotatable bonds is 4. The van der Waals surface area contributed by atoms with E-state index in [1.807, 2.05) is 36.4 Å². The molecule has 0 radical (unpaired) electrons. The van der Waals surface area contributed by atoms with Gasteiger partial charge in [-0.3, -0.25) is 4.79 Å². The molecule has 2 heteroatoms. The van der Waals surface area contributed by atoms with E-state index in [0.717, 1.165) is 5.56 Å². The maximum atomic E-state index is 12.2. The predicted molar refractivity (Wildman–Crippen MR) is 74.8 cm³/mol. The first kappa shape index (κ1) is 13.1. The Balaban J connectivity index is 2.26. The number of carbonyl (C=O) groups excluding carboxylic acids is 1. The number of aliphatic hydroxyl groups excluding tert-OH is 1. The number of benzene rings is 2. The fraction of sp³-hybridized carbons (Fsp3) is 0.118. The smallest absolute Gasteiger partial charge is 0.192 e. The minimum atomic E-state index is -1.23. The second-order valence-corrected chi connectivity index (χ2v) is 4.23. The van der Waals surface area contributed by atoms with E-state index in [-0.39, 0.29) is 5.78 Å². The highest BCUT2D eigenvalue weighted by Gasteiger charge is 2.26. The van der Waals surface area contributed by atoms with Gasteiger partial charge in [-0.15, -0.1) is 6.42 Å². The molecule has 0 unspecified atom stereocenters. The van der Waals surface area contributed by atoms with Crippen LogP contribution in [0.2, 0.25) is 0 Å². The number of Topliss-reactive ketones (excluding diaryl/α,β-unsaturated/α-hetero) is 1. The lowest BCUT2D eigenvalue weighted by Crippen LogP contribution is -2.27. The van der Waals surface area contributed by atoms with Crippen molar-refractivity contribution in [1.82, 2.24) is 0 Å². The lowest BCUT2D eigenvalue weighted by molar-refractivity contribution is 0.0725. The molecular weight excluding hydrogens is 236 g/mol. The number of carbonyl (C=O) groups is 1. The van der Waals surface area contributed by atoms with Crippen LogP contribution in [0.4, 0.5) is 0 Å². The number of hydrogen-bond donors (Lipinski definition) is 1. The lowest BCUT2D eigenvalue weighted by Gasteiger charge is -2.17. The van der Waals surface area contributed by atoms with Gasteiger partial charge in [0.15, 0.2) is 5.78 Å². The van der Waals surface area contributed by atoms with Crippen LogP contribution in [0.1, 0.15) is 21.8 Å². The van der Waals surface area contributed by atoms with Crippen molar-refractivity contribution in [2.75, 3.05) is 0 Å².